The molecular weight excluding hydrogens is 328 g/mol. The van der Waals surface area contributed by atoms with Crippen LogP contribution in [0, 0.1) is 6.92 Å². The first-order chi connectivity index (χ1) is 11.3. The number of aryl methyl sites for hydroxylation is 1. The van der Waals surface area contributed by atoms with Gasteiger partial charge in [0.25, 0.3) is 10.1 Å². The first kappa shape index (κ1) is 16.1. The van der Waals surface area contributed by atoms with E-state index in [1.54, 1.807) is 18.2 Å². The summed E-state index contributed by atoms with van der Waals surface area (Å²) in [6.45, 7) is 1.96. The number of azo groups is 1. The molecule has 0 bridgehead atoms. The molecule has 6 nitrogen and oxygen atoms in total. The van der Waals surface area contributed by atoms with E-state index in [0.29, 0.717) is 16.5 Å². The Balaban J connectivity index is 2.10. The predicted octanol–water partition coefficient (Wildman–Crippen LogP) is 4.52. The van der Waals surface area contributed by atoms with E-state index in [9.17, 15) is 13.5 Å². The lowest BCUT2D eigenvalue weighted by Gasteiger charge is -2.05. The van der Waals surface area contributed by atoms with Gasteiger partial charge in [-0.05, 0) is 42.6 Å². The summed E-state index contributed by atoms with van der Waals surface area (Å²) >= 11 is 0. The first-order valence-electron chi connectivity index (χ1n) is 7.06. The van der Waals surface area contributed by atoms with Crippen molar-refractivity contribution in [2.45, 2.75) is 11.8 Å². The van der Waals surface area contributed by atoms with Crippen LogP contribution < -0.4 is 0 Å². The summed E-state index contributed by atoms with van der Waals surface area (Å²) in [5, 5.41) is 19.3. The largest absolute Gasteiger partial charge is 0.506 e. The van der Waals surface area contributed by atoms with Crippen molar-refractivity contribution in [1.82, 2.24) is 0 Å². The summed E-state index contributed by atoms with van der Waals surface area (Å²) < 4.78 is 31.6. The van der Waals surface area contributed by atoms with E-state index >= 15 is 0 Å². The average molecular weight is 342 g/mol. The molecule has 0 radical (unpaired) electrons. The van der Waals surface area contributed by atoms with Gasteiger partial charge in [-0.15, -0.1) is 5.11 Å². The molecule has 0 fully saturated rings. The smallest absolute Gasteiger partial charge is 0.294 e. The normalized spacial score (nSPS) is 12.1. The molecule has 0 saturated carbocycles. The van der Waals surface area contributed by atoms with Gasteiger partial charge in [0.2, 0.25) is 0 Å². The Morgan fingerprint density at radius 2 is 1.62 bits per heavy atom. The highest BCUT2D eigenvalue weighted by molar-refractivity contribution is 7.85. The lowest BCUT2D eigenvalue weighted by atomic mass is 10.1. The van der Waals surface area contributed by atoms with E-state index in [2.05, 4.69) is 10.2 Å². The van der Waals surface area contributed by atoms with Crippen molar-refractivity contribution in [2.24, 2.45) is 10.2 Å². The van der Waals surface area contributed by atoms with Gasteiger partial charge < -0.3 is 5.11 Å². The Kier molecular flexibility index (Phi) is 4.04. The average Bonchev–Trinajstić information content (AvgIpc) is 2.54. The fourth-order valence-corrected chi connectivity index (χ4v) is 2.78. The summed E-state index contributed by atoms with van der Waals surface area (Å²) in [4.78, 5) is -0.220. The zero-order valence-corrected chi connectivity index (χ0v) is 13.5. The molecule has 0 aliphatic rings. The van der Waals surface area contributed by atoms with Crippen LogP contribution in [-0.2, 0) is 10.1 Å². The van der Waals surface area contributed by atoms with Gasteiger partial charge in [0, 0.05) is 5.39 Å². The van der Waals surface area contributed by atoms with Gasteiger partial charge in [0.1, 0.15) is 11.4 Å². The van der Waals surface area contributed by atoms with Crippen LogP contribution in [0.2, 0.25) is 0 Å². The quantitative estimate of drug-likeness (QED) is 0.540. The Bertz CT molecular complexity index is 1040. The van der Waals surface area contributed by atoms with E-state index in [1.807, 2.05) is 19.1 Å². The minimum absolute atomic E-state index is 0.0713. The van der Waals surface area contributed by atoms with Gasteiger partial charge in [0.15, 0.2) is 0 Å². The van der Waals surface area contributed by atoms with Crippen molar-refractivity contribution in [2.75, 3.05) is 0 Å². The van der Waals surface area contributed by atoms with Crippen LogP contribution in [0.3, 0.4) is 0 Å². The van der Waals surface area contributed by atoms with Gasteiger partial charge in [-0.2, -0.15) is 13.5 Å². The molecule has 0 atom stereocenters. The van der Waals surface area contributed by atoms with Gasteiger partial charge in [-0.3, -0.25) is 4.55 Å². The standard InChI is InChI=1S/C17H14N2O4S/c1-11-2-5-13(6-3-11)18-19-17-15-8-7-14(24(21,22)23)10-12(15)4-9-16(17)20/h2-10,20H,1H3,(H,21,22,23)/b19-18-. The van der Waals surface area contributed by atoms with Crippen molar-refractivity contribution in [3.8, 4) is 5.75 Å². The fourth-order valence-electron chi connectivity index (χ4n) is 2.26. The maximum atomic E-state index is 11.2. The fraction of sp³-hybridized carbons (Fsp3) is 0.0588. The van der Waals surface area contributed by atoms with Crippen LogP contribution in [0.1, 0.15) is 5.56 Å². The van der Waals surface area contributed by atoms with Crippen molar-refractivity contribution >= 4 is 32.3 Å². The molecule has 2 N–H and O–H groups in total. The second-order valence-electron chi connectivity index (χ2n) is 5.33. The summed E-state index contributed by atoms with van der Waals surface area (Å²) in [7, 11) is -4.29. The second-order valence-corrected chi connectivity index (χ2v) is 6.75. The van der Waals surface area contributed by atoms with Crippen LogP contribution in [-0.4, -0.2) is 18.1 Å². The number of phenolic OH excluding ortho intramolecular Hbond substituents is 1. The minimum Gasteiger partial charge on any atom is -0.506 e. The van der Waals surface area contributed by atoms with Crippen molar-refractivity contribution in [1.29, 1.82) is 0 Å². The highest BCUT2D eigenvalue weighted by Gasteiger charge is 2.13. The van der Waals surface area contributed by atoms with Gasteiger partial charge in [-0.25, -0.2) is 0 Å². The molecule has 0 spiro atoms. The number of hydrogen-bond donors (Lipinski definition) is 2. The number of phenols is 1. The summed E-state index contributed by atoms with van der Waals surface area (Å²) in [6, 6.07) is 14.4. The Morgan fingerprint density at radius 1 is 0.917 bits per heavy atom. The number of rotatable bonds is 3. The third-order valence-electron chi connectivity index (χ3n) is 3.54. The van der Waals surface area contributed by atoms with Gasteiger partial charge in [-0.1, -0.05) is 29.8 Å². The van der Waals surface area contributed by atoms with Crippen LogP contribution >= 0.6 is 0 Å². The molecule has 0 unspecified atom stereocenters. The van der Waals surface area contributed by atoms with Crippen LogP contribution in [0.15, 0.2) is 69.7 Å². The SMILES string of the molecule is Cc1ccc(/N=N\c2c(O)ccc3cc(S(=O)(=O)O)ccc23)cc1. The van der Waals surface area contributed by atoms with Crippen molar-refractivity contribution in [3.63, 3.8) is 0 Å². The van der Waals surface area contributed by atoms with E-state index in [0.717, 1.165) is 5.56 Å². The molecule has 0 saturated heterocycles. The molecule has 3 rings (SSSR count). The van der Waals surface area contributed by atoms with E-state index in [1.165, 1.54) is 24.3 Å². The maximum absolute atomic E-state index is 11.2. The lowest BCUT2D eigenvalue weighted by Crippen LogP contribution is -1.97. The Labute approximate surface area is 138 Å². The molecule has 0 amide bonds. The highest BCUT2D eigenvalue weighted by atomic mass is 32.2. The molecule has 3 aromatic rings. The number of benzene rings is 3. The minimum atomic E-state index is -4.29. The highest BCUT2D eigenvalue weighted by Crippen LogP contribution is 2.36. The molecule has 3 aromatic carbocycles. The van der Waals surface area contributed by atoms with E-state index in [-0.39, 0.29) is 16.3 Å². The van der Waals surface area contributed by atoms with Crippen LogP contribution in [0.5, 0.6) is 5.75 Å². The number of hydrogen-bond acceptors (Lipinski definition) is 5. The molecule has 122 valence electrons. The predicted molar refractivity (Wildman–Crippen MR) is 90.8 cm³/mol. The topological polar surface area (TPSA) is 99.3 Å². The molecule has 0 aliphatic carbocycles. The third-order valence-corrected chi connectivity index (χ3v) is 4.39. The monoisotopic (exact) mass is 342 g/mol. The Hall–Kier alpha value is -2.77. The molecule has 24 heavy (non-hydrogen) atoms. The van der Waals surface area contributed by atoms with Gasteiger partial charge >= 0.3 is 0 Å². The molecule has 7 heteroatoms. The first-order valence-corrected chi connectivity index (χ1v) is 8.50. The van der Waals surface area contributed by atoms with E-state index in [4.69, 9.17) is 4.55 Å². The summed E-state index contributed by atoms with van der Waals surface area (Å²) in [5.74, 6) is -0.0713. The molecular formula is C17H14N2O4S. The van der Waals surface area contributed by atoms with Crippen molar-refractivity contribution < 1.29 is 18.1 Å². The number of fused-ring (bicyclic) bond motifs is 1. The maximum Gasteiger partial charge on any atom is 0.294 e. The van der Waals surface area contributed by atoms with Crippen LogP contribution in [0.4, 0.5) is 11.4 Å². The number of nitrogens with zero attached hydrogens (tertiary/aromatic N) is 2. The zero-order chi connectivity index (χ0) is 17.3. The zero-order valence-electron chi connectivity index (χ0n) is 12.7. The number of aromatic hydroxyl groups is 1. The third kappa shape index (κ3) is 3.27. The van der Waals surface area contributed by atoms with Crippen molar-refractivity contribution in [3.05, 3.63) is 60.2 Å². The van der Waals surface area contributed by atoms with Gasteiger partial charge in [0.05, 0.1) is 10.6 Å². The second kappa shape index (κ2) is 6.03. The van der Waals surface area contributed by atoms with E-state index < -0.39 is 10.1 Å². The molecule has 0 heterocycles. The Morgan fingerprint density at radius 3 is 2.29 bits per heavy atom. The van der Waals surface area contributed by atoms with Crippen LogP contribution in [0.25, 0.3) is 10.8 Å². The molecule has 0 aromatic heterocycles. The summed E-state index contributed by atoms with van der Waals surface area (Å²) in [5.41, 5.74) is 1.96. The lowest BCUT2D eigenvalue weighted by molar-refractivity contribution is 0.477. The summed E-state index contributed by atoms with van der Waals surface area (Å²) in [6.07, 6.45) is 0. The molecule has 0 aliphatic heterocycles.